The monoisotopic (exact) mass is 321 g/mol. The van der Waals surface area contributed by atoms with E-state index < -0.39 is 0 Å². The van der Waals surface area contributed by atoms with Gasteiger partial charge in [-0.15, -0.1) is 0 Å². The number of nitrogens with zero attached hydrogens (tertiary/aromatic N) is 1. The maximum absolute atomic E-state index is 12.3. The van der Waals surface area contributed by atoms with Crippen LogP contribution in [0, 0.1) is 5.92 Å². The summed E-state index contributed by atoms with van der Waals surface area (Å²) in [5.41, 5.74) is 2.76. The molecule has 2 aliphatic rings. The molecule has 4 heteroatoms. The zero-order chi connectivity index (χ0) is 16.5. The highest BCUT2D eigenvalue weighted by atomic mass is 16.5. The van der Waals surface area contributed by atoms with E-state index in [2.05, 4.69) is 0 Å². The number of ether oxygens (including phenoxy) is 1. The maximum Gasteiger partial charge on any atom is 0.227 e. The summed E-state index contributed by atoms with van der Waals surface area (Å²) in [6.07, 6.45) is 1.83. The number of benzene rings is 2. The summed E-state index contributed by atoms with van der Waals surface area (Å²) in [6, 6.07) is 15.6. The minimum atomic E-state index is 0.147. The highest BCUT2D eigenvalue weighted by Crippen LogP contribution is 2.30. The van der Waals surface area contributed by atoms with Crippen LogP contribution in [0.25, 0.3) is 0 Å². The Balaban J connectivity index is 1.49. The zero-order valence-electron chi connectivity index (χ0n) is 13.4. The number of carbonyl (C=O) groups excluding carboxylic acids is 2. The van der Waals surface area contributed by atoms with Gasteiger partial charge in [0.05, 0.1) is 12.2 Å². The summed E-state index contributed by atoms with van der Waals surface area (Å²) in [7, 11) is 0. The van der Waals surface area contributed by atoms with Gasteiger partial charge in [-0.3, -0.25) is 9.59 Å². The van der Waals surface area contributed by atoms with Gasteiger partial charge in [0.15, 0.2) is 5.78 Å². The van der Waals surface area contributed by atoms with E-state index in [4.69, 9.17) is 4.74 Å². The Hall–Kier alpha value is -2.62. The van der Waals surface area contributed by atoms with Gasteiger partial charge in [-0.05, 0) is 42.2 Å². The van der Waals surface area contributed by atoms with Gasteiger partial charge >= 0.3 is 0 Å². The Labute approximate surface area is 141 Å². The second-order valence-electron chi connectivity index (χ2n) is 6.47. The van der Waals surface area contributed by atoms with E-state index in [1.165, 1.54) is 0 Å². The van der Waals surface area contributed by atoms with Gasteiger partial charge in [0.2, 0.25) is 5.91 Å². The van der Waals surface area contributed by atoms with E-state index in [0.29, 0.717) is 30.8 Å². The quantitative estimate of drug-likeness (QED) is 0.872. The number of ketones is 1. The fourth-order valence-corrected chi connectivity index (χ4v) is 3.54. The molecule has 0 aliphatic carbocycles. The standard InChI is InChI=1S/C20H19NO3/c22-18-8-9-24-19-11-14(6-7-17(18)19)10-15-12-20(23)21(13-15)16-4-2-1-3-5-16/h1-7,11,15H,8-10,12-13H2/t15-/m1/s1. The number of Topliss-reactive ketones (excluding diaryl/α,β-unsaturated/α-hetero) is 1. The van der Waals surface area contributed by atoms with Crippen LogP contribution in [0.4, 0.5) is 5.69 Å². The lowest BCUT2D eigenvalue weighted by molar-refractivity contribution is -0.117. The number of carbonyl (C=O) groups is 2. The van der Waals surface area contributed by atoms with Crippen LogP contribution in [0.1, 0.15) is 28.8 Å². The SMILES string of the molecule is O=C1CCOc2cc(C[C@@H]3CC(=O)N(c4ccccc4)C3)ccc21. The largest absolute Gasteiger partial charge is 0.492 e. The van der Waals surface area contributed by atoms with E-state index >= 15 is 0 Å². The second kappa shape index (κ2) is 6.11. The van der Waals surface area contributed by atoms with Gasteiger partial charge in [-0.1, -0.05) is 24.3 Å². The van der Waals surface area contributed by atoms with Gasteiger partial charge < -0.3 is 9.64 Å². The summed E-state index contributed by atoms with van der Waals surface area (Å²) in [4.78, 5) is 26.0. The van der Waals surface area contributed by atoms with Crippen molar-refractivity contribution >= 4 is 17.4 Å². The van der Waals surface area contributed by atoms with Gasteiger partial charge in [-0.25, -0.2) is 0 Å². The van der Waals surface area contributed by atoms with Crippen LogP contribution in [-0.4, -0.2) is 24.8 Å². The minimum Gasteiger partial charge on any atom is -0.492 e. The Kier molecular flexibility index (Phi) is 3.81. The topological polar surface area (TPSA) is 46.6 Å². The number of rotatable bonds is 3. The summed E-state index contributed by atoms with van der Waals surface area (Å²) >= 11 is 0. The van der Waals surface area contributed by atoms with E-state index in [1.54, 1.807) is 0 Å². The first kappa shape index (κ1) is 14.9. The number of hydrogen-bond acceptors (Lipinski definition) is 3. The van der Waals surface area contributed by atoms with Crippen molar-refractivity contribution in [1.82, 2.24) is 0 Å². The molecule has 24 heavy (non-hydrogen) atoms. The van der Waals surface area contributed by atoms with Gasteiger partial charge in [0.25, 0.3) is 0 Å². The van der Waals surface area contributed by atoms with E-state index in [9.17, 15) is 9.59 Å². The first-order valence-corrected chi connectivity index (χ1v) is 8.35. The van der Waals surface area contributed by atoms with E-state index in [-0.39, 0.29) is 17.6 Å². The third-order valence-corrected chi connectivity index (χ3v) is 4.73. The van der Waals surface area contributed by atoms with Crippen molar-refractivity contribution in [3.05, 3.63) is 59.7 Å². The zero-order valence-corrected chi connectivity index (χ0v) is 13.4. The molecule has 2 aliphatic heterocycles. The molecule has 0 aromatic heterocycles. The molecule has 122 valence electrons. The molecule has 2 aromatic carbocycles. The summed E-state index contributed by atoms with van der Waals surface area (Å²) in [6.45, 7) is 1.19. The highest BCUT2D eigenvalue weighted by Gasteiger charge is 2.30. The summed E-state index contributed by atoms with van der Waals surface area (Å²) in [5, 5.41) is 0. The maximum atomic E-state index is 12.3. The predicted octanol–water partition coefficient (Wildman–Crippen LogP) is 3.25. The molecule has 0 N–H and O–H groups in total. The summed E-state index contributed by atoms with van der Waals surface area (Å²) < 4.78 is 5.61. The third-order valence-electron chi connectivity index (χ3n) is 4.73. The van der Waals surface area contributed by atoms with Gasteiger partial charge in [0.1, 0.15) is 5.75 Å². The number of para-hydroxylation sites is 1. The van der Waals surface area contributed by atoms with Crippen molar-refractivity contribution in [1.29, 1.82) is 0 Å². The first-order valence-electron chi connectivity index (χ1n) is 8.35. The third kappa shape index (κ3) is 2.80. The molecule has 4 nitrogen and oxygen atoms in total. The Morgan fingerprint density at radius 3 is 2.75 bits per heavy atom. The average Bonchev–Trinajstić information content (AvgIpc) is 2.96. The minimum absolute atomic E-state index is 0.147. The molecule has 0 radical (unpaired) electrons. The van der Waals surface area contributed by atoms with Gasteiger partial charge in [0, 0.05) is 25.1 Å². The fourth-order valence-electron chi connectivity index (χ4n) is 3.54. The lowest BCUT2D eigenvalue weighted by Gasteiger charge is -2.18. The van der Waals surface area contributed by atoms with E-state index in [0.717, 1.165) is 24.2 Å². The Morgan fingerprint density at radius 2 is 1.92 bits per heavy atom. The van der Waals surface area contributed by atoms with Gasteiger partial charge in [-0.2, -0.15) is 0 Å². The molecule has 1 atom stereocenters. The first-order chi connectivity index (χ1) is 11.7. The average molecular weight is 321 g/mol. The van der Waals surface area contributed by atoms with Crippen LogP contribution in [0.15, 0.2) is 48.5 Å². The molecule has 4 rings (SSSR count). The smallest absolute Gasteiger partial charge is 0.227 e. The van der Waals surface area contributed by atoms with Crippen molar-refractivity contribution in [2.75, 3.05) is 18.1 Å². The second-order valence-corrected chi connectivity index (χ2v) is 6.47. The van der Waals surface area contributed by atoms with Crippen LogP contribution in [0.5, 0.6) is 5.75 Å². The summed E-state index contributed by atoms with van der Waals surface area (Å²) in [5.74, 6) is 1.30. The number of anilines is 1. The molecule has 1 amide bonds. The predicted molar refractivity (Wildman–Crippen MR) is 91.5 cm³/mol. The normalized spacial score (nSPS) is 20.0. The lowest BCUT2D eigenvalue weighted by Crippen LogP contribution is -2.24. The Morgan fingerprint density at radius 1 is 1.08 bits per heavy atom. The highest BCUT2D eigenvalue weighted by molar-refractivity contribution is 5.99. The molecule has 1 fully saturated rings. The Bertz CT molecular complexity index is 785. The van der Waals surface area contributed by atoms with Crippen LogP contribution >= 0.6 is 0 Å². The molecule has 2 heterocycles. The number of fused-ring (bicyclic) bond motifs is 1. The van der Waals surface area contributed by atoms with Crippen molar-refractivity contribution in [3.63, 3.8) is 0 Å². The molecule has 0 unspecified atom stereocenters. The van der Waals surface area contributed by atoms with Crippen molar-refractivity contribution < 1.29 is 14.3 Å². The molecular weight excluding hydrogens is 302 g/mol. The molecule has 0 bridgehead atoms. The van der Waals surface area contributed by atoms with E-state index in [1.807, 2.05) is 53.4 Å². The molecule has 0 saturated carbocycles. The molecular formula is C20H19NO3. The molecule has 2 aromatic rings. The van der Waals surface area contributed by atoms with Crippen molar-refractivity contribution in [2.24, 2.45) is 5.92 Å². The lowest BCUT2D eigenvalue weighted by atomic mass is 9.95. The van der Waals surface area contributed by atoms with Crippen LogP contribution in [0.3, 0.4) is 0 Å². The van der Waals surface area contributed by atoms with Crippen LogP contribution < -0.4 is 9.64 Å². The molecule has 1 saturated heterocycles. The van der Waals surface area contributed by atoms with Crippen LogP contribution in [-0.2, 0) is 11.2 Å². The number of amides is 1. The van der Waals surface area contributed by atoms with Crippen LogP contribution in [0.2, 0.25) is 0 Å². The number of hydrogen-bond donors (Lipinski definition) is 0. The molecule has 0 spiro atoms. The fraction of sp³-hybridized carbons (Fsp3) is 0.300. The van der Waals surface area contributed by atoms with Crippen molar-refractivity contribution in [2.45, 2.75) is 19.3 Å². The van der Waals surface area contributed by atoms with Crippen molar-refractivity contribution in [3.8, 4) is 5.75 Å².